The van der Waals surface area contributed by atoms with Gasteiger partial charge in [-0.25, -0.2) is 0 Å². The zero-order valence-electron chi connectivity index (χ0n) is 10.6. The summed E-state index contributed by atoms with van der Waals surface area (Å²) < 4.78 is 38.7. The van der Waals surface area contributed by atoms with Gasteiger partial charge in [-0.1, -0.05) is 36.4 Å². The van der Waals surface area contributed by atoms with Crippen LogP contribution in [0.1, 0.15) is 11.1 Å². The van der Waals surface area contributed by atoms with Gasteiger partial charge in [-0.2, -0.15) is 13.2 Å². The van der Waals surface area contributed by atoms with Crippen LogP contribution < -0.4 is 5.46 Å². The summed E-state index contributed by atoms with van der Waals surface area (Å²) in [6.45, 7) is 1.39. The molecule has 2 nitrogen and oxygen atoms in total. The highest BCUT2D eigenvalue weighted by Gasteiger charge is 2.32. The maximum Gasteiger partial charge on any atom is 0.489 e. The van der Waals surface area contributed by atoms with E-state index in [1.165, 1.54) is 25.1 Å². The van der Waals surface area contributed by atoms with E-state index in [1.54, 1.807) is 18.2 Å². The second-order valence-electron chi connectivity index (χ2n) is 4.49. The summed E-state index contributed by atoms with van der Waals surface area (Å²) in [6.07, 6.45) is -4.44. The first-order chi connectivity index (χ1) is 9.30. The molecule has 104 valence electrons. The Hall–Kier alpha value is -1.79. The van der Waals surface area contributed by atoms with Crippen LogP contribution in [0.3, 0.4) is 0 Å². The van der Waals surface area contributed by atoms with Gasteiger partial charge in [0.2, 0.25) is 0 Å². The van der Waals surface area contributed by atoms with Crippen LogP contribution in [-0.4, -0.2) is 17.2 Å². The fourth-order valence-electron chi connectivity index (χ4n) is 2.08. The molecule has 2 aromatic carbocycles. The van der Waals surface area contributed by atoms with Gasteiger partial charge in [0.25, 0.3) is 0 Å². The molecule has 2 aromatic rings. The number of alkyl halides is 3. The molecule has 6 heteroatoms. The zero-order chi connectivity index (χ0) is 14.9. The van der Waals surface area contributed by atoms with E-state index in [2.05, 4.69) is 0 Å². The Labute approximate surface area is 114 Å². The summed E-state index contributed by atoms with van der Waals surface area (Å²) in [5.41, 5.74) is 0.240. The van der Waals surface area contributed by atoms with Crippen LogP contribution >= 0.6 is 0 Å². The lowest BCUT2D eigenvalue weighted by molar-refractivity contribution is -0.138. The topological polar surface area (TPSA) is 40.5 Å². The largest absolute Gasteiger partial charge is 0.489 e. The third-order valence-corrected chi connectivity index (χ3v) is 3.09. The van der Waals surface area contributed by atoms with Gasteiger partial charge in [0.1, 0.15) is 0 Å². The molecule has 0 aromatic heterocycles. The first-order valence-electron chi connectivity index (χ1n) is 5.94. The molecule has 0 aliphatic carbocycles. The molecule has 2 N–H and O–H groups in total. The number of hydrogen-bond donors (Lipinski definition) is 2. The molecule has 0 radical (unpaired) electrons. The van der Waals surface area contributed by atoms with Gasteiger partial charge in [-0.3, -0.25) is 0 Å². The van der Waals surface area contributed by atoms with Crippen molar-refractivity contribution in [2.45, 2.75) is 13.1 Å². The Morgan fingerprint density at radius 1 is 1.00 bits per heavy atom. The SMILES string of the molecule is Cc1ccc(-c2ccccc2B(O)O)cc1C(F)(F)F. The second kappa shape index (κ2) is 5.30. The van der Waals surface area contributed by atoms with Crippen LogP contribution in [0.5, 0.6) is 0 Å². The van der Waals surface area contributed by atoms with E-state index in [0.29, 0.717) is 11.1 Å². The maximum absolute atomic E-state index is 12.9. The predicted molar refractivity (Wildman–Crippen MR) is 71.4 cm³/mol. The van der Waals surface area contributed by atoms with E-state index < -0.39 is 18.9 Å². The van der Waals surface area contributed by atoms with Crippen molar-refractivity contribution >= 4 is 12.6 Å². The molecule has 0 aliphatic heterocycles. The molecule has 0 saturated carbocycles. The van der Waals surface area contributed by atoms with Gasteiger partial charge >= 0.3 is 13.3 Å². The lowest BCUT2D eigenvalue weighted by Crippen LogP contribution is -2.31. The molecular weight excluding hydrogens is 268 g/mol. The Bertz CT molecular complexity index is 624. The monoisotopic (exact) mass is 280 g/mol. The third-order valence-electron chi connectivity index (χ3n) is 3.09. The van der Waals surface area contributed by atoms with Crippen molar-refractivity contribution in [3.05, 3.63) is 53.6 Å². The number of aryl methyl sites for hydroxylation is 1. The van der Waals surface area contributed by atoms with E-state index in [0.717, 1.165) is 6.07 Å². The van der Waals surface area contributed by atoms with Crippen molar-refractivity contribution < 1.29 is 23.2 Å². The second-order valence-corrected chi connectivity index (χ2v) is 4.49. The lowest BCUT2D eigenvalue weighted by Gasteiger charge is -2.14. The highest BCUT2D eigenvalue weighted by Crippen LogP contribution is 2.34. The minimum Gasteiger partial charge on any atom is -0.423 e. The van der Waals surface area contributed by atoms with Crippen molar-refractivity contribution in [1.29, 1.82) is 0 Å². The van der Waals surface area contributed by atoms with Gasteiger partial charge in [0, 0.05) is 0 Å². The summed E-state index contributed by atoms with van der Waals surface area (Å²) in [5, 5.41) is 18.6. The fourth-order valence-corrected chi connectivity index (χ4v) is 2.08. The highest BCUT2D eigenvalue weighted by molar-refractivity contribution is 6.60. The van der Waals surface area contributed by atoms with Crippen molar-refractivity contribution in [3.63, 3.8) is 0 Å². The Morgan fingerprint density at radius 2 is 1.65 bits per heavy atom. The van der Waals surface area contributed by atoms with Crippen molar-refractivity contribution in [3.8, 4) is 11.1 Å². The van der Waals surface area contributed by atoms with Gasteiger partial charge in [0.15, 0.2) is 0 Å². The van der Waals surface area contributed by atoms with Crippen LogP contribution in [0.25, 0.3) is 11.1 Å². The van der Waals surface area contributed by atoms with E-state index in [-0.39, 0.29) is 11.0 Å². The van der Waals surface area contributed by atoms with Gasteiger partial charge < -0.3 is 10.0 Å². The lowest BCUT2D eigenvalue weighted by atomic mass is 9.75. The molecule has 0 bridgehead atoms. The quantitative estimate of drug-likeness (QED) is 0.829. The van der Waals surface area contributed by atoms with E-state index in [4.69, 9.17) is 0 Å². The Morgan fingerprint density at radius 3 is 2.25 bits per heavy atom. The van der Waals surface area contributed by atoms with E-state index in [9.17, 15) is 23.2 Å². The first-order valence-corrected chi connectivity index (χ1v) is 5.94. The average molecular weight is 280 g/mol. The molecule has 2 rings (SSSR count). The molecule has 0 atom stereocenters. The molecule has 20 heavy (non-hydrogen) atoms. The molecule has 0 unspecified atom stereocenters. The van der Waals surface area contributed by atoms with Gasteiger partial charge in [-0.05, 0) is 35.1 Å². The smallest absolute Gasteiger partial charge is 0.423 e. The molecule has 0 amide bonds. The Balaban J connectivity index is 2.60. The first kappa shape index (κ1) is 14.6. The average Bonchev–Trinajstić information content (AvgIpc) is 2.38. The van der Waals surface area contributed by atoms with Crippen LogP contribution in [0.4, 0.5) is 13.2 Å². The molecular formula is C14H12BF3O2. The Kier molecular flexibility index (Phi) is 3.88. The summed E-state index contributed by atoms with van der Waals surface area (Å²) in [5.74, 6) is 0. The van der Waals surface area contributed by atoms with Gasteiger partial charge in [-0.15, -0.1) is 0 Å². The summed E-state index contributed by atoms with van der Waals surface area (Å²) in [6, 6.07) is 10.2. The number of hydrogen-bond acceptors (Lipinski definition) is 2. The summed E-state index contributed by atoms with van der Waals surface area (Å²) in [7, 11) is -1.73. The number of rotatable bonds is 2. The third kappa shape index (κ3) is 2.86. The number of halogens is 3. The minimum absolute atomic E-state index is 0.128. The van der Waals surface area contributed by atoms with Crippen LogP contribution in [0.15, 0.2) is 42.5 Å². The maximum atomic E-state index is 12.9. The van der Waals surface area contributed by atoms with Crippen molar-refractivity contribution in [2.24, 2.45) is 0 Å². The van der Waals surface area contributed by atoms with Crippen LogP contribution in [0, 0.1) is 6.92 Å². The minimum atomic E-state index is -4.44. The summed E-state index contributed by atoms with van der Waals surface area (Å²) >= 11 is 0. The van der Waals surface area contributed by atoms with Crippen molar-refractivity contribution in [1.82, 2.24) is 0 Å². The molecule has 0 saturated heterocycles. The molecule has 0 heterocycles. The van der Waals surface area contributed by atoms with Crippen molar-refractivity contribution in [2.75, 3.05) is 0 Å². The predicted octanol–water partition coefficient (Wildman–Crippen LogP) is 2.36. The van der Waals surface area contributed by atoms with E-state index >= 15 is 0 Å². The molecule has 0 spiro atoms. The van der Waals surface area contributed by atoms with Gasteiger partial charge in [0.05, 0.1) is 5.56 Å². The normalized spacial score (nSPS) is 11.5. The highest BCUT2D eigenvalue weighted by atomic mass is 19.4. The van der Waals surface area contributed by atoms with E-state index in [1.807, 2.05) is 0 Å². The standard InChI is InChI=1S/C14H12BF3O2/c1-9-6-7-10(8-12(9)14(16,17)18)11-4-2-3-5-13(11)15(19)20/h2-8,19-20H,1H3. The number of benzene rings is 2. The molecule has 0 fully saturated rings. The fraction of sp³-hybridized carbons (Fsp3) is 0.143. The molecule has 0 aliphatic rings. The van der Waals surface area contributed by atoms with Crippen LogP contribution in [-0.2, 0) is 6.18 Å². The summed E-state index contributed by atoms with van der Waals surface area (Å²) in [4.78, 5) is 0. The zero-order valence-corrected chi connectivity index (χ0v) is 10.6. The van der Waals surface area contributed by atoms with Crippen LogP contribution in [0.2, 0.25) is 0 Å².